The highest BCUT2D eigenvalue weighted by Crippen LogP contribution is 2.36. The van der Waals surface area contributed by atoms with Gasteiger partial charge in [0.15, 0.2) is 0 Å². The second-order valence-electron chi connectivity index (χ2n) is 12.1. The molecule has 2 aromatic heterocycles. The van der Waals surface area contributed by atoms with Gasteiger partial charge in [-0.25, -0.2) is 0 Å². The Morgan fingerprint density at radius 3 is 1.30 bits per heavy atom. The highest BCUT2D eigenvalue weighted by atomic mass is 35.5. The summed E-state index contributed by atoms with van der Waals surface area (Å²) >= 11 is 0. The maximum Gasteiger partial charge on any atom is 0.0805 e. The molecule has 4 aromatic rings. The molecule has 0 aliphatic carbocycles. The fourth-order valence-electron chi connectivity index (χ4n) is 6.28. The number of anilines is 2. The largest absolute Gasteiger partial charge is 0.382 e. The molecule has 4 rings (SSSR count). The van der Waals surface area contributed by atoms with Crippen LogP contribution in [0.4, 0.5) is 11.4 Å². The minimum atomic E-state index is 0. The van der Waals surface area contributed by atoms with E-state index in [0.29, 0.717) is 12.1 Å². The summed E-state index contributed by atoms with van der Waals surface area (Å²) < 4.78 is 0. The molecule has 7 heteroatoms. The first-order chi connectivity index (χ1) is 20.3. The van der Waals surface area contributed by atoms with Crippen molar-refractivity contribution in [3.05, 3.63) is 47.8 Å². The Morgan fingerprint density at radius 2 is 0.953 bits per heavy atom. The quantitative estimate of drug-likeness (QED) is 0.124. The Bertz CT molecular complexity index is 1350. The molecule has 2 unspecified atom stereocenters. The molecule has 43 heavy (non-hydrogen) atoms. The number of benzene rings is 2. The van der Waals surface area contributed by atoms with E-state index in [2.05, 4.69) is 112 Å². The van der Waals surface area contributed by atoms with E-state index in [9.17, 15) is 0 Å². The van der Waals surface area contributed by atoms with Gasteiger partial charge in [0, 0.05) is 56.4 Å². The number of hydrogen-bond donors (Lipinski definition) is 2. The van der Waals surface area contributed by atoms with Gasteiger partial charge >= 0.3 is 0 Å². The first-order valence-electron chi connectivity index (χ1n) is 16.4. The minimum absolute atomic E-state index is 0. The number of nitrogens with one attached hydrogen (secondary N) is 2. The highest BCUT2D eigenvalue weighted by Gasteiger charge is 2.15. The summed E-state index contributed by atoms with van der Waals surface area (Å²) in [5.74, 6) is 0. The van der Waals surface area contributed by atoms with Gasteiger partial charge in [0.05, 0.1) is 11.0 Å². The zero-order valence-electron chi connectivity index (χ0n) is 27.9. The number of aromatic nitrogens is 2. The second kappa shape index (κ2) is 16.4. The molecular weight excluding hydrogens is 552 g/mol. The van der Waals surface area contributed by atoms with Crippen LogP contribution < -0.4 is 10.6 Å². The molecule has 2 aromatic carbocycles. The number of aryl methyl sites for hydroxylation is 2. The van der Waals surface area contributed by atoms with E-state index in [4.69, 9.17) is 9.97 Å². The van der Waals surface area contributed by atoms with Crippen molar-refractivity contribution in [1.82, 2.24) is 19.8 Å². The standard InChI is InChI=1S/C36H54N6.ClH/c1-9-41(10-2)21-13-15-25(5)37-33-23-27(7)39-35-29-18-20-32-34(38-26(6)16-14-22-42(11-3)12-4)24-28(8)40-36(32)30(29)17-19-31(33)35;/h17-20,23-26H,9-16,21-22H2,1-8H3,(H,37,39)(H,38,40);1H. The molecular formula is C36H55ClN6. The van der Waals surface area contributed by atoms with Crippen molar-refractivity contribution in [3.8, 4) is 0 Å². The van der Waals surface area contributed by atoms with Crippen molar-refractivity contribution in [1.29, 1.82) is 0 Å². The molecule has 0 bridgehead atoms. The summed E-state index contributed by atoms with van der Waals surface area (Å²) in [5.41, 5.74) is 6.52. The van der Waals surface area contributed by atoms with Gasteiger partial charge in [-0.3, -0.25) is 9.97 Å². The average Bonchev–Trinajstić information content (AvgIpc) is 2.97. The third-order valence-electron chi connectivity index (χ3n) is 8.82. The topological polar surface area (TPSA) is 56.3 Å². The Balaban J connectivity index is 0.00000506. The van der Waals surface area contributed by atoms with Crippen LogP contribution in [-0.4, -0.2) is 71.1 Å². The van der Waals surface area contributed by atoms with E-state index in [0.717, 1.165) is 85.3 Å². The van der Waals surface area contributed by atoms with Crippen molar-refractivity contribution in [2.24, 2.45) is 0 Å². The maximum atomic E-state index is 5.05. The molecule has 2 heterocycles. The van der Waals surface area contributed by atoms with Gasteiger partial charge in [0.1, 0.15) is 0 Å². The van der Waals surface area contributed by atoms with E-state index >= 15 is 0 Å². The maximum absolute atomic E-state index is 5.05. The molecule has 2 atom stereocenters. The summed E-state index contributed by atoms with van der Waals surface area (Å²) in [6.45, 7) is 24.6. The molecule has 0 radical (unpaired) electrons. The molecule has 0 aliphatic heterocycles. The van der Waals surface area contributed by atoms with Gasteiger partial charge in [-0.1, -0.05) is 52.0 Å². The molecule has 0 amide bonds. The number of fused-ring (bicyclic) bond motifs is 5. The van der Waals surface area contributed by atoms with E-state index in [1.54, 1.807) is 0 Å². The van der Waals surface area contributed by atoms with Gasteiger partial charge in [-0.15, -0.1) is 12.4 Å². The molecule has 0 saturated carbocycles. The van der Waals surface area contributed by atoms with Crippen LogP contribution in [0.25, 0.3) is 32.6 Å². The smallest absolute Gasteiger partial charge is 0.0805 e. The fourth-order valence-corrected chi connectivity index (χ4v) is 6.28. The SMILES string of the molecule is CCN(CC)CCCC(C)Nc1cc(C)nc2c1ccc1c2ccc2c(NC(C)CCCN(CC)CC)cc(C)nc21.Cl. The number of hydrogen-bond acceptors (Lipinski definition) is 6. The van der Waals surface area contributed by atoms with Crippen molar-refractivity contribution in [2.45, 2.75) is 93.2 Å². The summed E-state index contributed by atoms with van der Waals surface area (Å²) in [7, 11) is 0. The lowest BCUT2D eigenvalue weighted by Gasteiger charge is -2.22. The van der Waals surface area contributed by atoms with Crippen molar-refractivity contribution >= 4 is 56.4 Å². The molecule has 236 valence electrons. The average molecular weight is 607 g/mol. The van der Waals surface area contributed by atoms with E-state index in [1.807, 2.05) is 0 Å². The summed E-state index contributed by atoms with van der Waals surface area (Å²) in [6.07, 6.45) is 4.68. The van der Waals surface area contributed by atoms with Crippen molar-refractivity contribution in [2.75, 3.05) is 49.9 Å². The van der Waals surface area contributed by atoms with E-state index < -0.39 is 0 Å². The minimum Gasteiger partial charge on any atom is -0.382 e. The van der Waals surface area contributed by atoms with Gasteiger partial charge in [-0.05, 0) is 105 Å². The lowest BCUT2D eigenvalue weighted by atomic mass is 10.00. The third kappa shape index (κ3) is 8.71. The number of nitrogens with zero attached hydrogens (tertiary/aromatic N) is 4. The molecule has 0 saturated heterocycles. The van der Waals surface area contributed by atoms with Crippen LogP contribution in [0.15, 0.2) is 36.4 Å². The summed E-state index contributed by atoms with van der Waals surface area (Å²) in [4.78, 5) is 15.1. The van der Waals surface area contributed by atoms with Gasteiger partial charge in [0.2, 0.25) is 0 Å². The van der Waals surface area contributed by atoms with Crippen LogP contribution in [0.5, 0.6) is 0 Å². The van der Waals surface area contributed by atoms with Crippen molar-refractivity contribution in [3.63, 3.8) is 0 Å². The van der Waals surface area contributed by atoms with Crippen LogP contribution in [0.1, 0.15) is 78.6 Å². The van der Waals surface area contributed by atoms with Gasteiger partial charge in [0.25, 0.3) is 0 Å². The predicted octanol–water partition coefficient (Wildman–Crippen LogP) is 8.82. The van der Waals surface area contributed by atoms with Crippen LogP contribution >= 0.6 is 12.4 Å². The van der Waals surface area contributed by atoms with Crippen LogP contribution in [0.3, 0.4) is 0 Å². The summed E-state index contributed by atoms with van der Waals surface area (Å²) in [6, 6.07) is 14.1. The number of rotatable bonds is 16. The second-order valence-corrected chi connectivity index (χ2v) is 12.1. The molecule has 6 nitrogen and oxygen atoms in total. The zero-order chi connectivity index (χ0) is 30.2. The summed E-state index contributed by atoms with van der Waals surface area (Å²) in [5, 5.41) is 12.3. The molecule has 2 N–H and O–H groups in total. The van der Waals surface area contributed by atoms with Gasteiger partial charge in [-0.2, -0.15) is 0 Å². The van der Waals surface area contributed by atoms with Crippen molar-refractivity contribution < 1.29 is 0 Å². The van der Waals surface area contributed by atoms with Crippen LogP contribution in [0.2, 0.25) is 0 Å². The first kappa shape index (κ1) is 34.8. The Hall–Kier alpha value is -2.67. The number of halogens is 1. The lowest BCUT2D eigenvalue weighted by Crippen LogP contribution is -2.25. The Kier molecular flexibility index (Phi) is 13.3. The monoisotopic (exact) mass is 606 g/mol. The predicted molar refractivity (Wildman–Crippen MR) is 191 cm³/mol. The third-order valence-corrected chi connectivity index (χ3v) is 8.82. The zero-order valence-corrected chi connectivity index (χ0v) is 28.7. The molecule has 0 aliphatic rings. The highest BCUT2D eigenvalue weighted by molar-refractivity contribution is 6.18. The number of pyridine rings is 2. The molecule has 0 spiro atoms. The van der Waals surface area contributed by atoms with E-state index in [-0.39, 0.29) is 12.4 Å². The molecule has 0 fully saturated rings. The lowest BCUT2D eigenvalue weighted by molar-refractivity contribution is 0.295. The Morgan fingerprint density at radius 1 is 0.605 bits per heavy atom. The Labute approximate surface area is 266 Å². The van der Waals surface area contributed by atoms with Crippen LogP contribution in [-0.2, 0) is 0 Å². The van der Waals surface area contributed by atoms with E-state index in [1.165, 1.54) is 35.0 Å². The first-order valence-corrected chi connectivity index (χ1v) is 16.4. The normalized spacial score (nSPS) is 13.2. The van der Waals surface area contributed by atoms with Crippen LogP contribution in [0, 0.1) is 13.8 Å². The fraction of sp³-hybridized carbons (Fsp3) is 0.556. The van der Waals surface area contributed by atoms with Gasteiger partial charge < -0.3 is 20.4 Å².